The van der Waals surface area contributed by atoms with Gasteiger partial charge in [-0.25, -0.2) is 4.79 Å². The van der Waals surface area contributed by atoms with Crippen molar-refractivity contribution in [2.24, 2.45) is 0 Å². The third-order valence-corrected chi connectivity index (χ3v) is 1.95. The van der Waals surface area contributed by atoms with Crippen molar-refractivity contribution in [3.05, 3.63) is 21.9 Å². The number of aldehydes is 1. The Morgan fingerprint density at radius 3 is 2.33 bits per heavy atom. The zero-order valence-electron chi connectivity index (χ0n) is 6.35. The van der Waals surface area contributed by atoms with Gasteiger partial charge in [0.05, 0.1) is 4.88 Å². The number of carboxylic acids is 1. The first-order valence-corrected chi connectivity index (χ1v) is 3.78. The van der Waals surface area contributed by atoms with Crippen LogP contribution in [0.5, 0.6) is 0 Å². The van der Waals surface area contributed by atoms with Gasteiger partial charge < -0.3 is 10.2 Å². The topological polar surface area (TPSA) is 74.6 Å². The fourth-order valence-corrected chi connectivity index (χ4v) is 1.19. The van der Waals surface area contributed by atoms with E-state index in [2.05, 4.69) is 0 Å². The van der Waals surface area contributed by atoms with Gasteiger partial charge in [-0.2, -0.15) is 0 Å². The number of rotatable bonds is 2. The minimum absolute atomic E-state index is 0.196. The highest BCUT2D eigenvalue weighted by atomic mass is 32.1. The second kappa shape index (κ2) is 5.45. The molecule has 66 valence electrons. The Labute approximate surface area is 73.1 Å². The van der Waals surface area contributed by atoms with E-state index in [1.54, 1.807) is 0 Å². The Morgan fingerprint density at radius 1 is 1.50 bits per heavy atom. The molecular weight excluding hydrogens is 180 g/mol. The predicted octanol–water partition coefficient (Wildman–Crippen LogP) is 0.867. The number of carbonyl (C=O) groups excluding carboxylic acids is 1. The Bertz CT molecular complexity index is 266. The number of aromatic carboxylic acids is 1. The summed E-state index contributed by atoms with van der Waals surface area (Å²) in [5.74, 6) is -0.988. The third kappa shape index (κ3) is 2.81. The first kappa shape index (κ1) is 10.8. The quantitative estimate of drug-likeness (QED) is 0.675. The number of aliphatic hydroxyl groups excluding tert-OH is 1. The number of carboxylic acid groups (broad SMARTS) is 1. The van der Waals surface area contributed by atoms with Crippen molar-refractivity contribution in [1.82, 2.24) is 0 Å². The summed E-state index contributed by atoms with van der Waals surface area (Å²) in [5.41, 5.74) is 0. The van der Waals surface area contributed by atoms with Gasteiger partial charge in [0.15, 0.2) is 6.29 Å². The molecule has 0 spiro atoms. The van der Waals surface area contributed by atoms with Crippen molar-refractivity contribution in [3.8, 4) is 0 Å². The second-order valence-electron chi connectivity index (χ2n) is 1.63. The number of hydrogen-bond acceptors (Lipinski definition) is 4. The van der Waals surface area contributed by atoms with Gasteiger partial charge in [0, 0.05) is 7.11 Å². The molecule has 0 aliphatic rings. The summed E-state index contributed by atoms with van der Waals surface area (Å²) in [6.07, 6.45) is 0.636. The zero-order chi connectivity index (χ0) is 9.56. The smallest absolute Gasteiger partial charge is 0.345 e. The SMILES string of the molecule is CO.O=Cc1ccc(C(=O)O)s1. The van der Waals surface area contributed by atoms with Crippen LogP contribution in [0.3, 0.4) is 0 Å². The highest BCUT2D eigenvalue weighted by Gasteiger charge is 2.04. The van der Waals surface area contributed by atoms with E-state index in [-0.39, 0.29) is 4.88 Å². The summed E-state index contributed by atoms with van der Waals surface area (Å²) in [7, 11) is 1.00. The molecule has 0 aliphatic carbocycles. The van der Waals surface area contributed by atoms with Crippen molar-refractivity contribution in [1.29, 1.82) is 0 Å². The summed E-state index contributed by atoms with van der Waals surface area (Å²) >= 11 is 0.973. The van der Waals surface area contributed by atoms with Crippen LogP contribution in [0.2, 0.25) is 0 Å². The van der Waals surface area contributed by atoms with Crippen molar-refractivity contribution < 1.29 is 19.8 Å². The fourth-order valence-electron chi connectivity index (χ4n) is 0.531. The van der Waals surface area contributed by atoms with Gasteiger partial charge >= 0.3 is 5.97 Å². The van der Waals surface area contributed by atoms with Crippen LogP contribution in [-0.2, 0) is 0 Å². The molecule has 0 bridgehead atoms. The Balaban J connectivity index is 0.000000561. The van der Waals surface area contributed by atoms with Crippen LogP contribution in [0, 0.1) is 0 Å². The molecular formula is C7H8O4S. The summed E-state index contributed by atoms with van der Waals surface area (Å²) in [6, 6.07) is 2.90. The van der Waals surface area contributed by atoms with Gasteiger partial charge in [-0.3, -0.25) is 4.79 Å². The van der Waals surface area contributed by atoms with E-state index < -0.39 is 5.97 Å². The zero-order valence-corrected chi connectivity index (χ0v) is 7.17. The van der Waals surface area contributed by atoms with Crippen LogP contribution >= 0.6 is 11.3 Å². The molecule has 12 heavy (non-hydrogen) atoms. The predicted molar refractivity (Wildman–Crippen MR) is 44.8 cm³/mol. The Morgan fingerprint density at radius 2 is 2.08 bits per heavy atom. The fraction of sp³-hybridized carbons (Fsp3) is 0.143. The standard InChI is InChI=1S/C6H4O3S.CH4O/c7-3-4-1-2-5(10-4)6(8)9;1-2/h1-3H,(H,8,9);2H,1H3. The van der Waals surface area contributed by atoms with Gasteiger partial charge in [0.1, 0.15) is 4.88 Å². The first-order valence-electron chi connectivity index (χ1n) is 2.97. The third-order valence-electron chi connectivity index (χ3n) is 0.954. The molecule has 0 saturated heterocycles. The van der Waals surface area contributed by atoms with Gasteiger partial charge in [0.2, 0.25) is 0 Å². The van der Waals surface area contributed by atoms with E-state index in [0.717, 1.165) is 18.4 Å². The van der Waals surface area contributed by atoms with Crippen LogP contribution in [0.1, 0.15) is 19.3 Å². The maximum atomic E-state index is 10.2. The van der Waals surface area contributed by atoms with Crippen LogP contribution in [0.15, 0.2) is 12.1 Å². The molecule has 5 heteroatoms. The number of hydrogen-bond donors (Lipinski definition) is 2. The summed E-state index contributed by atoms with van der Waals surface area (Å²) in [5, 5.41) is 15.4. The summed E-state index contributed by atoms with van der Waals surface area (Å²) in [6.45, 7) is 0. The lowest BCUT2D eigenvalue weighted by molar-refractivity contribution is 0.0702. The van der Waals surface area contributed by atoms with E-state index in [9.17, 15) is 9.59 Å². The van der Waals surface area contributed by atoms with Crippen molar-refractivity contribution >= 4 is 23.6 Å². The Kier molecular flexibility index (Phi) is 4.91. The average Bonchev–Trinajstić information content (AvgIpc) is 2.55. The first-order chi connectivity index (χ1) is 5.74. The monoisotopic (exact) mass is 188 g/mol. The number of thiophene rings is 1. The van der Waals surface area contributed by atoms with Crippen molar-refractivity contribution in [2.45, 2.75) is 0 Å². The molecule has 0 saturated carbocycles. The molecule has 1 aromatic rings. The lowest BCUT2D eigenvalue weighted by atomic mass is 10.4. The molecule has 1 rings (SSSR count). The molecule has 0 radical (unpaired) electrons. The van der Waals surface area contributed by atoms with Gasteiger partial charge in [-0.1, -0.05) is 0 Å². The van der Waals surface area contributed by atoms with Crippen LogP contribution in [0.4, 0.5) is 0 Å². The number of carbonyl (C=O) groups is 2. The lowest BCUT2D eigenvalue weighted by Gasteiger charge is -1.79. The normalized spacial score (nSPS) is 8.17. The van der Waals surface area contributed by atoms with E-state index >= 15 is 0 Å². The van der Waals surface area contributed by atoms with Crippen LogP contribution in [-0.4, -0.2) is 29.6 Å². The highest BCUT2D eigenvalue weighted by Crippen LogP contribution is 2.13. The van der Waals surface area contributed by atoms with Crippen LogP contribution < -0.4 is 0 Å². The molecule has 1 heterocycles. The van der Waals surface area contributed by atoms with Crippen LogP contribution in [0.25, 0.3) is 0 Å². The minimum Gasteiger partial charge on any atom is -0.477 e. The summed E-state index contributed by atoms with van der Waals surface area (Å²) in [4.78, 5) is 20.9. The average molecular weight is 188 g/mol. The maximum Gasteiger partial charge on any atom is 0.345 e. The molecule has 1 aromatic heterocycles. The largest absolute Gasteiger partial charge is 0.477 e. The maximum absolute atomic E-state index is 10.2. The molecule has 0 fully saturated rings. The van der Waals surface area contributed by atoms with E-state index in [1.807, 2.05) is 0 Å². The van der Waals surface area contributed by atoms with E-state index in [1.165, 1.54) is 12.1 Å². The van der Waals surface area contributed by atoms with Gasteiger partial charge in [-0.15, -0.1) is 11.3 Å². The second-order valence-corrected chi connectivity index (χ2v) is 2.74. The lowest BCUT2D eigenvalue weighted by Crippen LogP contribution is -1.89. The van der Waals surface area contributed by atoms with E-state index in [0.29, 0.717) is 11.2 Å². The van der Waals surface area contributed by atoms with Crippen molar-refractivity contribution in [2.75, 3.05) is 7.11 Å². The number of aliphatic hydroxyl groups is 1. The Hall–Kier alpha value is -1.20. The summed E-state index contributed by atoms with van der Waals surface area (Å²) < 4.78 is 0. The van der Waals surface area contributed by atoms with Gasteiger partial charge in [-0.05, 0) is 12.1 Å². The molecule has 0 aromatic carbocycles. The van der Waals surface area contributed by atoms with Crippen molar-refractivity contribution in [3.63, 3.8) is 0 Å². The highest BCUT2D eigenvalue weighted by molar-refractivity contribution is 7.15. The molecule has 0 unspecified atom stereocenters. The van der Waals surface area contributed by atoms with Gasteiger partial charge in [0.25, 0.3) is 0 Å². The molecule has 0 atom stereocenters. The molecule has 2 N–H and O–H groups in total. The molecule has 0 aliphatic heterocycles. The van der Waals surface area contributed by atoms with E-state index in [4.69, 9.17) is 10.2 Å². The molecule has 4 nitrogen and oxygen atoms in total. The minimum atomic E-state index is -0.988. The molecule has 0 amide bonds.